The van der Waals surface area contributed by atoms with Crippen LogP contribution in [0.25, 0.3) is 10.2 Å². The molecule has 2 heterocycles. The number of rotatable bonds is 2. The Hall–Kier alpha value is -1.14. The number of alkyl halides is 1. The molecule has 1 saturated heterocycles. The highest BCUT2D eigenvalue weighted by Crippen LogP contribution is 2.34. The predicted molar refractivity (Wildman–Crippen MR) is 75.9 cm³/mol. The van der Waals surface area contributed by atoms with E-state index in [0.29, 0.717) is 13.0 Å². The molecule has 4 nitrogen and oxygen atoms in total. The molecule has 1 aliphatic heterocycles. The molecule has 0 bridgehead atoms. The number of aromatic nitrogens is 1. The number of halogens is 1. The largest absolute Gasteiger partial charge is 0.497 e. The van der Waals surface area contributed by atoms with Gasteiger partial charge in [0.15, 0.2) is 5.13 Å². The van der Waals surface area contributed by atoms with E-state index in [1.165, 1.54) is 11.3 Å². The summed E-state index contributed by atoms with van der Waals surface area (Å²) in [4.78, 5) is 18.3. The molecule has 1 unspecified atom stereocenters. The molecule has 1 amide bonds. The first-order valence-electron chi connectivity index (χ1n) is 5.56. The summed E-state index contributed by atoms with van der Waals surface area (Å²) in [5.41, 5.74) is 0.904. The molecule has 6 heteroatoms. The molecule has 1 atom stereocenters. The van der Waals surface area contributed by atoms with Crippen LogP contribution in [0.4, 0.5) is 5.13 Å². The highest BCUT2D eigenvalue weighted by molar-refractivity contribution is 9.09. The minimum absolute atomic E-state index is 0.128. The number of nitrogens with zero attached hydrogens (tertiary/aromatic N) is 2. The molecule has 2 aromatic rings. The maximum atomic E-state index is 11.8. The number of fused-ring (bicyclic) bond motifs is 1. The van der Waals surface area contributed by atoms with E-state index >= 15 is 0 Å². The standard InChI is InChI=1S/C12H11BrN2O2S/c1-17-8-2-3-9-10(5-8)18-12(14-9)15-6-7(13)4-11(15)16/h2-3,5,7H,4,6H2,1H3. The molecule has 0 N–H and O–H groups in total. The van der Waals surface area contributed by atoms with Crippen LogP contribution >= 0.6 is 27.3 Å². The monoisotopic (exact) mass is 326 g/mol. The molecule has 1 aromatic heterocycles. The molecule has 94 valence electrons. The summed E-state index contributed by atoms with van der Waals surface area (Å²) in [7, 11) is 1.64. The van der Waals surface area contributed by atoms with Gasteiger partial charge >= 0.3 is 0 Å². The van der Waals surface area contributed by atoms with Gasteiger partial charge in [-0.2, -0.15) is 0 Å². The fourth-order valence-corrected chi connectivity index (χ4v) is 3.57. The number of ether oxygens (including phenoxy) is 1. The Labute approximate surface area is 117 Å². The van der Waals surface area contributed by atoms with Crippen LogP contribution in [-0.4, -0.2) is 29.4 Å². The smallest absolute Gasteiger partial charge is 0.230 e. The summed E-state index contributed by atoms with van der Waals surface area (Å²) in [5.74, 6) is 0.937. The Bertz CT molecular complexity index is 613. The second-order valence-electron chi connectivity index (χ2n) is 4.14. The van der Waals surface area contributed by atoms with E-state index < -0.39 is 0 Å². The van der Waals surface area contributed by atoms with Gasteiger partial charge in [0.1, 0.15) is 5.75 Å². The number of hydrogen-bond acceptors (Lipinski definition) is 4. The van der Waals surface area contributed by atoms with Gasteiger partial charge in [-0.3, -0.25) is 9.69 Å². The summed E-state index contributed by atoms with van der Waals surface area (Å²) >= 11 is 5.00. The van der Waals surface area contributed by atoms with Crippen molar-refractivity contribution in [1.29, 1.82) is 0 Å². The summed E-state index contributed by atoms with van der Waals surface area (Å²) in [6.07, 6.45) is 0.541. The van der Waals surface area contributed by atoms with Crippen molar-refractivity contribution in [3.63, 3.8) is 0 Å². The zero-order valence-corrected chi connectivity index (χ0v) is 12.1. The Morgan fingerprint density at radius 3 is 3.06 bits per heavy atom. The van der Waals surface area contributed by atoms with Crippen molar-refractivity contribution >= 4 is 48.5 Å². The minimum Gasteiger partial charge on any atom is -0.497 e. The van der Waals surface area contributed by atoms with Crippen molar-refractivity contribution in [3.8, 4) is 5.75 Å². The quantitative estimate of drug-likeness (QED) is 0.797. The van der Waals surface area contributed by atoms with E-state index in [1.54, 1.807) is 12.0 Å². The molecule has 0 radical (unpaired) electrons. The predicted octanol–water partition coefficient (Wildman–Crippen LogP) is 2.81. The van der Waals surface area contributed by atoms with Crippen LogP contribution in [0.2, 0.25) is 0 Å². The Morgan fingerprint density at radius 1 is 1.56 bits per heavy atom. The third-order valence-corrected chi connectivity index (χ3v) is 4.55. The van der Waals surface area contributed by atoms with Gasteiger partial charge in [-0.1, -0.05) is 27.3 Å². The summed E-state index contributed by atoms with van der Waals surface area (Å²) in [6.45, 7) is 0.690. The first-order chi connectivity index (χ1) is 8.67. The lowest BCUT2D eigenvalue weighted by atomic mass is 10.3. The summed E-state index contributed by atoms with van der Waals surface area (Å²) in [6, 6.07) is 5.74. The number of carbonyl (C=O) groups excluding carboxylic acids is 1. The minimum atomic E-state index is 0.128. The molecular formula is C12H11BrN2O2S. The van der Waals surface area contributed by atoms with Crippen LogP contribution in [0.5, 0.6) is 5.75 Å². The molecule has 1 aromatic carbocycles. The zero-order chi connectivity index (χ0) is 12.7. The molecule has 1 aliphatic rings. The van der Waals surface area contributed by atoms with Gasteiger partial charge in [0.2, 0.25) is 5.91 Å². The van der Waals surface area contributed by atoms with Gasteiger partial charge in [-0.15, -0.1) is 0 Å². The van der Waals surface area contributed by atoms with Gasteiger partial charge in [-0.25, -0.2) is 4.98 Å². The number of benzene rings is 1. The zero-order valence-electron chi connectivity index (χ0n) is 9.72. The normalized spacial score (nSPS) is 19.8. The van der Waals surface area contributed by atoms with Crippen molar-refractivity contribution in [2.24, 2.45) is 0 Å². The third kappa shape index (κ3) is 1.99. The Balaban J connectivity index is 2.00. The van der Waals surface area contributed by atoms with Gasteiger partial charge in [-0.05, 0) is 18.2 Å². The van der Waals surface area contributed by atoms with E-state index in [2.05, 4.69) is 20.9 Å². The van der Waals surface area contributed by atoms with Gasteiger partial charge in [0, 0.05) is 17.8 Å². The van der Waals surface area contributed by atoms with E-state index in [9.17, 15) is 4.79 Å². The number of carbonyl (C=O) groups is 1. The number of anilines is 1. The van der Waals surface area contributed by atoms with Crippen LogP contribution in [0.1, 0.15) is 6.42 Å². The first kappa shape index (κ1) is 11.9. The molecule has 0 saturated carbocycles. The molecule has 1 fully saturated rings. The molecule has 18 heavy (non-hydrogen) atoms. The highest BCUT2D eigenvalue weighted by atomic mass is 79.9. The molecular weight excluding hydrogens is 316 g/mol. The third-order valence-electron chi connectivity index (χ3n) is 2.89. The van der Waals surface area contributed by atoms with E-state index in [4.69, 9.17) is 4.74 Å². The SMILES string of the molecule is COc1ccc2nc(N3CC(Br)CC3=O)sc2c1. The lowest BCUT2D eigenvalue weighted by Gasteiger charge is -2.10. The Morgan fingerprint density at radius 2 is 2.39 bits per heavy atom. The molecule has 3 rings (SSSR count). The van der Waals surface area contributed by atoms with Crippen molar-refractivity contribution in [2.75, 3.05) is 18.6 Å². The van der Waals surface area contributed by atoms with E-state index in [-0.39, 0.29) is 10.7 Å². The van der Waals surface area contributed by atoms with Crippen molar-refractivity contribution < 1.29 is 9.53 Å². The van der Waals surface area contributed by atoms with Crippen LogP contribution in [0.3, 0.4) is 0 Å². The van der Waals surface area contributed by atoms with E-state index in [1.807, 2.05) is 18.2 Å². The maximum Gasteiger partial charge on any atom is 0.230 e. The van der Waals surface area contributed by atoms with Crippen molar-refractivity contribution in [2.45, 2.75) is 11.2 Å². The highest BCUT2D eigenvalue weighted by Gasteiger charge is 2.30. The Kier molecular flexibility index (Phi) is 2.99. The van der Waals surface area contributed by atoms with Crippen molar-refractivity contribution in [3.05, 3.63) is 18.2 Å². The number of methoxy groups -OCH3 is 1. The van der Waals surface area contributed by atoms with Gasteiger partial charge in [0.05, 0.1) is 17.3 Å². The topological polar surface area (TPSA) is 42.4 Å². The second-order valence-corrected chi connectivity index (χ2v) is 6.44. The molecule has 0 spiro atoms. The first-order valence-corrected chi connectivity index (χ1v) is 7.29. The van der Waals surface area contributed by atoms with Crippen LogP contribution in [-0.2, 0) is 4.79 Å². The fraction of sp³-hybridized carbons (Fsp3) is 0.333. The molecule has 0 aliphatic carbocycles. The van der Waals surface area contributed by atoms with Crippen LogP contribution in [0, 0.1) is 0 Å². The lowest BCUT2D eigenvalue weighted by molar-refractivity contribution is -0.117. The van der Waals surface area contributed by atoms with Gasteiger partial charge in [0.25, 0.3) is 0 Å². The summed E-state index contributed by atoms with van der Waals surface area (Å²) < 4.78 is 6.22. The van der Waals surface area contributed by atoms with Crippen LogP contribution in [0.15, 0.2) is 18.2 Å². The second kappa shape index (κ2) is 4.51. The average Bonchev–Trinajstić information content (AvgIpc) is 2.90. The van der Waals surface area contributed by atoms with Crippen molar-refractivity contribution in [1.82, 2.24) is 4.98 Å². The lowest BCUT2D eigenvalue weighted by Crippen LogP contribution is -2.24. The van der Waals surface area contributed by atoms with Gasteiger partial charge < -0.3 is 4.74 Å². The number of thiazole rings is 1. The van der Waals surface area contributed by atoms with E-state index in [0.717, 1.165) is 21.1 Å². The fourth-order valence-electron chi connectivity index (χ4n) is 1.98. The maximum absolute atomic E-state index is 11.8. The average molecular weight is 327 g/mol. The van der Waals surface area contributed by atoms with Crippen LogP contribution < -0.4 is 9.64 Å². The number of amides is 1. The summed E-state index contributed by atoms with van der Waals surface area (Å²) in [5, 5.41) is 0.769. The number of hydrogen-bond donors (Lipinski definition) is 0.